The summed E-state index contributed by atoms with van der Waals surface area (Å²) in [5, 5.41) is 11.3. The first-order valence-electron chi connectivity index (χ1n) is 6.58. The summed E-state index contributed by atoms with van der Waals surface area (Å²) in [6.07, 6.45) is 2.46. The van der Waals surface area contributed by atoms with Crippen LogP contribution >= 0.6 is 11.8 Å². The molecule has 1 fully saturated rings. The summed E-state index contributed by atoms with van der Waals surface area (Å²) in [4.78, 5) is 12.9. The molecule has 1 heterocycles. The van der Waals surface area contributed by atoms with Crippen molar-refractivity contribution in [3.8, 4) is 0 Å². The largest absolute Gasteiger partial charge is 0.410 e. The van der Waals surface area contributed by atoms with Gasteiger partial charge < -0.3 is 14.6 Å². The predicted octanol–water partition coefficient (Wildman–Crippen LogP) is -0.279. The number of nitrogens with one attached hydrogen (secondary N) is 2. The predicted molar refractivity (Wildman–Crippen MR) is 71.9 cm³/mol. The lowest BCUT2D eigenvalue weighted by atomic mass is 10.2. The van der Waals surface area contributed by atoms with Gasteiger partial charge in [-0.25, -0.2) is 0 Å². The third-order valence-corrected chi connectivity index (χ3v) is 3.82. The molecule has 19 heavy (non-hydrogen) atoms. The van der Waals surface area contributed by atoms with Crippen molar-refractivity contribution in [3.05, 3.63) is 5.89 Å². The van der Waals surface area contributed by atoms with Gasteiger partial charge in [0.15, 0.2) is 6.54 Å². The Hall–Kier alpha value is -1.08. The van der Waals surface area contributed by atoms with Gasteiger partial charge in [0.05, 0.1) is 19.8 Å². The number of quaternary nitrogens is 1. The van der Waals surface area contributed by atoms with E-state index >= 15 is 0 Å². The lowest BCUT2D eigenvalue weighted by Gasteiger charge is -2.11. The normalized spacial score (nSPS) is 16.6. The van der Waals surface area contributed by atoms with Crippen molar-refractivity contribution in [2.75, 3.05) is 19.8 Å². The third-order valence-electron chi connectivity index (χ3n) is 3.00. The molecule has 0 bridgehead atoms. The standard InChI is InChI=1S/C12H20N4O2S/c1-8(9-4-5-9)13-10(17)7-19-12-15-14-11(18-12)6-16(2)3/h8-9H,4-7H2,1-3H3,(H,13,17)/p+1/t8-/m1/s1. The molecule has 0 aromatic carbocycles. The summed E-state index contributed by atoms with van der Waals surface area (Å²) < 4.78 is 5.45. The van der Waals surface area contributed by atoms with E-state index in [0.29, 0.717) is 29.3 Å². The highest BCUT2D eigenvalue weighted by atomic mass is 32.2. The van der Waals surface area contributed by atoms with Gasteiger partial charge in [-0.2, -0.15) is 0 Å². The number of carbonyl (C=O) groups excluding carboxylic acids is 1. The Morgan fingerprint density at radius 3 is 2.89 bits per heavy atom. The van der Waals surface area contributed by atoms with Crippen LogP contribution in [0.15, 0.2) is 9.64 Å². The Labute approximate surface area is 117 Å². The molecule has 106 valence electrons. The summed E-state index contributed by atoms with van der Waals surface area (Å²) in [5.74, 6) is 1.64. The van der Waals surface area contributed by atoms with Crippen molar-refractivity contribution in [3.63, 3.8) is 0 Å². The second-order valence-electron chi connectivity index (χ2n) is 5.33. The van der Waals surface area contributed by atoms with E-state index < -0.39 is 0 Å². The highest BCUT2D eigenvalue weighted by Gasteiger charge is 2.28. The van der Waals surface area contributed by atoms with Crippen LogP contribution in [-0.2, 0) is 11.3 Å². The molecule has 1 atom stereocenters. The lowest BCUT2D eigenvalue weighted by molar-refractivity contribution is -0.874. The maximum atomic E-state index is 11.7. The number of thioether (sulfide) groups is 1. The zero-order valence-electron chi connectivity index (χ0n) is 11.6. The number of hydrogen-bond acceptors (Lipinski definition) is 5. The summed E-state index contributed by atoms with van der Waals surface area (Å²) in [7, 11) is 4.04. The van der Waals surface area contributed by atoms with Crippen molar-refractivity contribution >= 4 is 17.7 Å². The summed E-state index contributed by atoms with van der Waals surface area (Å²) >= 11 is 1.29. The van der Waals surface area contributed by atoms with E-state index in [1.165, 1.54) is 29.5 Å². The first kappa shape index (κ1) is 14.3. The number of rotatable bonds is 7. The van der Waals surface area contributed by atoms with Crippen molar-refractivity contribution in [1.82, 2.24) is 15.5 Å². The minimum absolute atomic E-state index is 0.0300. The Balaban J connectivity index is 1.71. The summed E-state index contributed by atoms with van der Waals surface area (Å²) in [6.45, 7) is 2.75. The molecule has 2 rings (SSSR count). The van der Waals surface area contributed by atoms with Gasteiger partial charge in [0.1, 0.15) is 0 Å². The fourth-order valence-electron chi connectivity index (χ4n) is 1.81. The van der Waals surface area contributed by atoms with Crippen molar-refractivity contribution < 1.29 is 14.1 Å². The van der Waals surface area contributed by atoms with Crippen LogP contribution in [0.3, 0.4) is 0 Å². The maximum Gasteiger partial charge on any atom is 0.277 e. The molecular weight excluding hydrogens is 264 g/mol. The van der Waals surface area contributed by atoms with Gasteiger partial charge in [0.25, 0.3) is 11.1 Å². The zero-order valence-corrected chi connectivity index (χ0v) is 12.4. The van der Waals surface area contributed by atoms with Gasteiger partial charge in [0, 0.05) is 6.04 Å². The van der Waals surface area contributed by atoms with Crippen LogP contribution in [-0.4, -0.2) is 42.0 Å². The quantitative estimate of drug-likeness (QED) is 0.674. The van der Waals surface area contributed by atoms with Gasteiger partial charge in [-0.15, -0.1) is 10.2 Å². The Bertz CT molecular complexity index is 431. The van der Waals surface area contributed by atoms with Crippen molar-refractivity contribution in [2.24, 2.45) is 5.92 Å². The molecule has 0 unspecified atom stereocenters. The molecule has 1 amide bonds. The van der Waals surface area contributed by atoms with Gasteiger partial charge in [-0.1, -0.05) is 11.8 Å². The minimum Gasteiger partial charge on any atom is -0.410 e. The van der Waals surface area contributed by atoms with Gasteiger partial charge in [-0.05, 0) is 25.7 Å². The molecule has 1 aromatic heterocycles. The van der Waals surface area contributed by atoms with Crippen LogP contribution in [0.1, 0.15) is 25.7 Å². The Morgan fingerprint density at radius 2 is 2.26 bits per heavy atom. The smallest absolute Gasteiger partial charge is 0.277 e. The molecule has 7 heteroatoms. The van der Waals surface area contributed by atoms with E-state index in [9.17, 15) is 4.79 Å². The fourth-order valence-corrected chi connectivity index (χ4v) is 2.40. The van der Waals surface area contributed by atoms with Crippen LogP contribution < -0.4 is 10.2 Å². The molecule has 1 saturated carbocycles. The van der Waals surface area contributed by atoms with Crippen LogP contribution in [0.2, 0.25) is 0 Å². The highest BCUT2D eigenvalue weighted by molar-refractivity contribution is 7.99. The molecule has 1 aromatic rings. The molecule has 0 saturated heterocycles. The second-order valence-corrected chi connectivity index (χ2v) is 6.25. The second kappa shape index (κ2) is 6.38. The molecule has 1 aliphatic carbocycles. The van der Waals surface area contributed by atoms with Crippen LogP contribution in [0.5, 0.6) is 0 Å². The first-order chi connectivity index (χ1) is 9.04. The number of aromatic nitrogens is 2. The van der Waals surface area contributed by atoms with Crippen LogP contribution in [0.4, 0.5) is 0 Å². The third kappa shape index (κ3) is 4.83. The van der Waals surface area contributed by atoms with Gasteiger partial charge >= 0.3 is 0 Å². The number of nitrogens with zero attached hydrogens (tertiary/aromatic N) is 2. The lowest BCUT2D eigenvalue weighted by Crippen LogP contribution is -3.04. The Kier molecular flexibility index (Phi) is 4.81. The van der Waals surface area contributed by atoms with Crippen LogP contribution in [0, 0.1) is 5.92 Å². The molecule has 2 N–H and O–H groups in total. The number of hydrogen-bond donors (Lipinski definition) is 2. The summed E-state index contributed by atoms with van der Waals surface area (Å²) in [6, 6.07) is 0.281. The minimum atomic E-state index is 0.0300. The maximum absolute atomic E-state index is 11.7. The van der Waals surface area contributed by atoms with Crippen LogP contribution in [0.25, 0.3) is 0 Å². The van der Waals surface area contributed by atoms with Crippen molar-refractivity contribution in [1.29, 1.82) is 0 Å². The zero-order chi connectivity index (χ0) is 13.8. The molecule has 0 radical (unpaired) electrons. The highest BCUT2D eigenvalue weighted by Crippen LogP contribution is 2.32. The Morgan fingerprint density at radius 1 is 1.53 bits per heavy atom. The summed E-state index contributed by atoms with van der Waals surface area (Å²) in [5.41, 5.74) is 0. The van der Waals surface area contributed by atoms with E-state index in [1.807, 2.05) is 14.1 Å². The van der Waals surface area contributed by atoms with E-state index in [2.05, 4.69) is 22.4 Å². The van der Waals surface area contributed by atoms with Gasteiger partial charge in [-0.3, -0.25) is 4.79 Å². The molecular formula is C12H21N4O2S+. The molecule has 0 aliphatic heterocycles. The average molecular weight is 285 g/mol. The van der Waals surface area contributed by atoms with Crippen molar-refractivity contribution in [2.45, 2.75) is 37.6 Å². The van der Waals surface area contributed by atoms with Gasteiger partial charge in [0.2, 0.25) is 5.91 Å². The van der Waals surface area contributed by atoms with E-state index in [4.69, 9.17) is 4.42 Å². The fraction of sp³-hybridized carbons (Fsp3) is 0.750. The monoisotopic (exact) mass is 285 g/mol. The average Bonchev–Trinajstić information content (AvgIpc) is 3.09. The number of amides is 1. The number of carbonyl (C=O) groups is 1. The SMILES string of the molecule is C[C@@H](NC(=O)CSc1nnc(C[NH+](C)C)o1)C1CC1. The molecule has 0 spiro atoms. The van der Waals surface area contributed by atoms with E-state index in [1.54, 1.807) is 0 Å². The van der Waals surface area contributed by atoms with E-state index in [0.717, 1.165) is 0 Å². The topological polar surface area (TPSA) is 72.5 Å². The first-order valence-corrected chi connectivity index (χ1v) is 7.56. The molecule has 1 aliphatic rings. The molecule has 6 nitrogen and oxygen atoms in total. The van der Waals surface area contributed by atoms with E-state index in [-0.39, 0.29) is 11.9 Å².